The highest BCUT2D eigenvalue weighted by atomic mass is 15.3. The minimum Gasteiger partial charge on any atom is -0.335 e. The average molecular weight is 840 g/mol. The molecule has 324 valence electrons. The maximum Gasteiger partial charge on any atom is 0.252 e. The summed E-state index contributed by atoms with van der Waals surface area (Å²) < 4.78 is 0. The maximum atomic E-state index is 2.95. The van der Waals surface area contributed by atoms with Crippen molar-refractivity contribution in [2.45, 2.75) is 154 Å². The second-order valence-corrected chi connectivity index (χ2v) is 23.7. The van der Waals surface area contributed by atoms with Crippen molar-refractivity contribution in [1.82, 2.24) is 0 Å². The number of rotatable bonds is 2. The first-order chi connectivity index (χ1) is 30.3. The molecule has 1 saturated carbocycles. The van der Waals surface area contributed by atoms with E-state index >= 15 is 0 Å². The molecule has 0 bridgehead atoms. The predicted octanol–water partition coefficient (Wildman–Crippen LogP) is 13.5. The first-order valence-corrected chi connectivity index (χ1v) is 24.5. The van der Waals surface area contributed by atoms with E-state index in [4.69, 9.17) is 0 Å². The van der Waals surface area contributed by atoms with Gasteiger partial charge in [-0.1, -0.05) is 147 Å². The molecule has 3 nitrogen and oxygen atoms in total. The molecule has 6 aromatic rings. The van der Waals surface area contributed by atoms with E-state index in [1.807, 2.05) is 0 Å². The van der Waals surface area contributed by atoms with Gasteiger partial charge in [-0.25, -0.2) is 0 Å². The molecule has 0 spiro atoms. The summed E-state index contributed by atoms with van der Waals surface area (Å²) >= 11 is 0. The van der Waals surface area contributed by atoms with Crippen LogP contribution in [0.25, 0.3) is 0 Å². The Balaban J connectivity index is 1.23. The Morgan fingerprint density at radius 1 is 0.531 bits per heavy atom. The Morgan fingerprint density at radius 2 is 1.19 bits per heavy atom. The van der Waals surface area contributed by atoms with Crippen molar-refractivity contribution in [2.24, 2.45) is 0 Å². The van der Waals surface area contributed by atoms with Gasteiger partial charge in [0.2, 0.25) is 0 Å². The number of hydrogen-bond acceptors (Lipinski definition) is 3. The number of aryl methyl sites for hydroxylation is 3. The van der Waals surface area contributed by atoms with Crippen LogP contribution in [0, 0.1) is 13.8 Å². The van der Waals surface area contributed by atoms with Crippen LogP contribution in [-0.4, -0.2) is 12.3 Å². The molecule has 4 atom stereocenters. The molecule has 0 amide bonds. The largest absolute Gasteiger partial charge is 0.335 e. The van der Waals surface area contributed by atoms with E-state index in [-0.39, 0.29) is 39.5 Å². The SMILES string of the molecule is Cc1cc(C)c2c3c1B1c4cc(C(C)(C)C)ccc4N(c4ccc(C(C)(C)C)cc4)c4cc(N5c6ccccc6C6(C)CCc7ccccc7C56C)cc(c41)N3C1(C)CCCCC21C. The summed E-state index contributed by atoms with van der Waals surface area (Å²) in [6, 6.07) is 43.7. The molecule has 4 heterocycles. The predicted molar refractivity (Wildman–Crippen MR) is 274 cm³/mol. The van der Waals surface area contributed by atoms with Gasteiger partial charge in [-0.05, 0) is 156 Å². The fourth-order valence-corrected chi connectivity index (χ4v) is 14.7. The molecule has 2 aliphatic carbocycles. The minimum absolute atomic E-state index is 0.00355. The van der Waals surface area contributed by atoms with E-state index in [2.05, 4.69) is 207 Å². The minimum atomic E-state index is -0.307. The number of anilines is 7. The molecule has 6 aliphatic rings. The van der Waals surface area contributed by atoms with Crippen molar-refractivity contribution in [3.8, 4) is 0 Å². The number of nitrogens with zero attached hydrogens (tertiary/aromatic N) is 3. The van der Waals surface area contributed by atoms with Crippen LogP contribution < -0.4 is 31.1 Å². The summed E-state index contributed by atoms with van der Waals surface area (Å²) in [7, 11) is 0. The van der Waals surface area contributed by atoms with E-state index < -0.39 is 0 Å². The van der Waals surface area contributed by atoms with Gasteiger partial charge in [-0.15, -0.1) is 0 Å². The molecule has 64 heavy (non-hydrogen) atoms. The molecular weight excluding hydrogens is 773 g/mol. The van der Waals surface area contributed by atoms with Crippen LogP contribution >= 0.6 is 0 Å². The Kier molecular flexibility index (Phi) is 8.04. The topological polar surface area (TPSA) is 9.72 Å². The van der Waals surface area contributed by atoms with E-state index in [1.54, 1.807) is 5.56 Å². The highest BCUT2D eigenvalue weighted by Gasteiger charge is 2.64. The average Bonchev–Trinajstić information content (AvgIpc) is 3.61. The lowest BCUT2D eigenvalue weighted by molar-refractivity contribution is 0.194. The fraction of sp³-hybridized carbons (Fsp3) is 0.400. The number of para-hydroxylation sites is 1. The van der Waals surface area contributed by atoms with Crippen molar-refractivity contribution >= 4 is 62.9 Å². The van der Waals surface area contributed by atoms with Crippen LogP contribution in [0.15, 0.2) is 109 Å². The van der Waals surface area contributed by atoms with E-state index in [9.17, 15) is 0 Å². The van der Waals surface area contributed by atoms with Crippen LogP contribution in [0.4, 0.5) is 39.8 Å². The lowest BCUT2D eigenvalue weighted by Gasteiger charge is -2.54. The molecule has 12 rings (SSSR count). The summed E-state index contributed by atoms with van der Waals surface area (Å²) in [6.45, 7) is 29.5. The second-order valence-electron chi connectivity index (χ2n) is 23.7. The van der Waals surface area contributed by atoms with Crippen LogP contribution in [0.3, 0.4) is 0 Å². The van der Waals surface area contributed by atoms with E-state index in [1.165, 1.54) is 121 Å². The summed E-state index contributed by atoms with van der Waals surface area (Å²) in [5.74, 6) is 0. The summed E-state index contributed by atoms with van der Waals surface area (Å²) in [6.07, 6.45) is 7.13. The van der Waals surface area contributed by atoms with Crippen LogP contribution in [0.5, 0.6) is 0 Å². The molecule has 1 fully saturated rings. The number of benzene rings is 6. The normalized spacial score (nSPS) is 25.9. The van der Waals surface area contributed by atoms with Crippen molar-refractivity contribution in [3.63, 3.8) is 0 Å². The molecule has 0 N–H and O–H groups in total. The van der Waals surface area contributed by atoms with Gasteiger partial charge in [0.25, 0.3) is 6.71 Å². The molecule has 0 radical (unpaired) electrons. The summed E-state index contributed by atoms with van der Waals surface area (Å²) in [5, 5.41) is 0. The third kappa shape index (κ3) is 4.85. The van der Waals surface area contributed by atoms with Gasteiger partial charge in [-0.2, -0.15) is 0 Å². The van der Waals surface area contributed by atoms with Crippen molar-refractivity contribution in [2.75, 3.05) is 14.7 Å². The van der Waals surface area contributed by atoms with Crippen LogP contribution in [0.2, 0.25) is 0 Å². The van der Waals surface area contributed by atoms with Crippen molar-refractivity contribution < 1.29 is 0 Å². The zero-order chi connectivity index (χ0) is 44.7. The lowest BCUT2D eigenvalue weighted by Crippen LogP contribution is -2.65. The quantitative estimate of drug-likeness (QED) is 0.161. The molecule has 4 heteroatoms. The highest BCUT2D eigenvalue weighted by molar-refractivity contribution is 7.00. The van der Waals surface area contributed by atoms with Gasteiger partial charge in [0.05, 0.1) is 11.1 Å². The third-order valence-corrected chi connectivity index (χ3v) is 18.4. The highest BCUT2D eigenvalue weighted by Crippen LogP contribution is 2.66. The summed E-state index contributed by atoms with van der Waals surface area (Å²) in [5.41, 5.74) is 25.1. The fourth-order valence-electron chi connectivity index (χ4n) is 14.7. The smallest absolute Gasteiger partial charge is 0.252 e. The molecule has 4 unspecified atom stereocenters. The second kappa shape index (κ2) is 12.8. The number of hydrogen-bond donors (Lipinski definition) is 0. The van der Waals surface area contributed by atoms with Gasteiger partial charge in [-0.3, -0.25) is 0 Å². The molecule has 0 aromatic heterocycles. The van der Waals surface area contributed by atoms with Crippen molar-refractivity contribution in [3.05, 3.63) is 154 Å². The molecule has 6 aromatic carbocycles. The zero-order valence-corrected chi connectivity index (χ0v) is 40.6. The Morgan fingerprint density at radius 3 is 1.92 bits per heavy atom. The number of fused-ring (bicyclic) bond motifs is 12. The van der Waals surface area contributed by atoms with Gasteiger partial charge >= 0.3 is 0 Å². The third-order valence-electron chi connectivity index (χ3n) is 18.4. The van der Waals surface area contributed by atoms with E-state index in [0.717, 1.165) is 12.8 Å². The molecule has 0 saturated heterocycles. The van der Waals surface area contributed by atoms with Gasteiger partial charge < -0.3 is 14.7 Å². The first kappa shape index (κ1) is 40.3. The van der Waals surface area contributed by atoms with Gasteiger partial charge in [0.1, 0.15) is 0 Å². The Bertz CT molecular complexity index is 2980. The van der Waals surface area contributed by atoms with Gasteiger partial charge in [0.15, 0.2) is 0 Å². The first-order valence-electron chi connectivity index (χ1n) is 24.5. The molecular formula is C60H66BN3. The Labute approximate surface area is 384 Å². The maximum absolute atomic E-state index is 2.95. The Hall–Kier alpha value is -5.22. The van der Waals surface area contributed by atoms with E-state index in [0.29, 0.717) is 0 Å². The lowest BCUT2D eigenvalue weighted by atomic mass is 9.32. The van der Waals surface area contributed by atoms with Crippen LogP contribution in [-0.2, 0) is 33.6 Å². The van der Waals surface area contributed by atoms with Gasteiger partial charge in [0, 0.05) is 50.6 Å². The molecule has 4 aliphatic heterocycles. The van der Waals surface area contributed by atoms with Crippen molar-refractivity contribution in [1.29, 1.82) is 0 Å². The summed E-state index contributed by atoms with van der Waals surface area (Å²) in [4.78, 5) is 8.42. The standard InChI is InChI=1S/C60H66BN3/c1-37-33-38(2)52-54-51(37)58(10)30-17-18-31-59(58,11)64(54)50-36-43(63-47-22-16-15-21-45(47)57(9)32-29-39-19-13-14-20-44(39)60(57,63)12)35-49-53(50)61(52)46-34-41(56(6,7)8)25-28-48(46)62(49)42-26-23-40(24-27-42)55(3,4)5/h13-16,19-28,33-36H,17-18,29-32H2,1-12H3. The van der Waals surface area contributed by atoms with Crippen LogP contribution in [0.1, 0.15) is 146 Å². The zero-order valence-electron chi connectivity index (χ0n) is 40.6. The monoisotopic (exact) mass is 840 g/mol.